The first-order valence-electron chi connectivity index (χ1n) is 11.5. The van der Waals surface area contributed by atoms with Gasteiger partial charge in [-0.1, -0.05) is 66.7 Å². The lowest BCUT2D eigenvalue weighted by molar-refractivity contribution is -0.133. The molecule has 3 aromatic carbocycles. The third kappa shape index (κ3) is 4.87. The SMILES string of the molecule is O=C(Cn1nc(-c2ccc3ccccc3c2)ccc1=O)N1CCC(Cc2ccccc2)CC1. The number of aromatic nitrogens is 2. The molecule has 0 bridgehead atoms. The molecule has 1 saturated heterocycles. The summed E-state index contributed by atoms with van der Waals surface area (Å²) >= 11 is 0. The first kappa shape index (κ1) is 21.1. The Labute approximate surface area is 193 Å². The quantitative estimate of drug-likeness (QED) is 0.460. The molecular weight excluding hydrogens is 410 g/mol. The molecule has 0 spiro atoms. The van der Waals surface area contributed by atoms with Crippen molar-refractivity contribution in [2.45, 2.75) is 25.8 Å². The second kappa shape index (κ2) is 9.41. The van der Waals surface area contributed by atoms with Gasteiger partial charge in [-0.15, -0.1) is 0 Å². The molecule has 0 N–H and O–H groups in total. The van der Waals surface area contributed by atoms with Crippen LogP contribution in [-0.4, -0.2) is 33.7 Å². The van der Waals surface area contributed by atoms with Crippen LogP contribution in [0, 0.1) is 5.92 Å². The second-order valence-electron chi connectivity index (χ2n) is 8.79. The summed E-state index contributed by atoms with van der Waals surface area (Å²) in [5.74, 6) is 0.548. The largest absolute Gasteiger partial charge is 0.341 e. The smallest absolute Gasteiger partial charge is 0.267 e. The van der Waals surface area contributed by atoms with E-state index in [0.717, 1.165) is 48.7 Å². The Hall–Kier alpha value is -3.73. The average molecular weight is 438 g/mol. The maximum absolute atomic E-state index is 12.9. The van der Waals surface area contributed by atoms with Crippen LogP contribution < -0.4 is 5.56 Å². The van der Waals surface area contributed by atoms with E-state index in [1.807, 2.05) is 35.2 Å². The Morgan fingerprint density at radius 1 is 0.848 bits per heavy atom. The topological polar surface area (TPSA) is 55.2 Å². The molecular formula is C28H27N3O2. The molecule has 166 valence electrons. The summed E-state index contributed by atoms with van der Waals surface area (Å²) < 4.78 is 1.29. The van der Waals surface area contributed by atoms with Gasteiger partial charge >= 0.3 is 0 Å². The third-order valence-corrected chi connectivity index (χ3v) is 6.53. The fourth-order valence-electron chi connectivity index (χ4n) is 4.63. The second-order valence-corrected chi connectivity index (χ2v) is 8.79. The summed E-state index contributed by atoms with van der Waals surface area (Å²) in [6, 6.07) is 28.0. The van der Waals surface area contributed by atoms with Crippen LogP contribution in [0.3, 0.4) is 0 Å². The number of amides is 1. The highest BCUT2D eigenvalue weighted by molar-refractivity contribution is 5.86. The maximum atomic E-state index is 12.9. The number of nitrogens with zero attached hydrogens (tertiary/aromatic N) is 3. The molecule has 2 heterocycles. The number of benzene rings is 3. The fraction of sp³-hybridized carbons (Fsp3) is 0.250. The van der Waals surface area contributed by atoms with Gasteiger partial charge in [0.25, 0.3) is 5.56 Å². The molecule has 33 heavy (non-hydrogen) atoms. The molecule has 0 aliphatic carbocycles. The van der Waals surface area contributed by atoms with E-state index in [1.54, 1.807) is 6.07 Å². The highest BCUT2D eigenvalue weighted by atomic mass is 16.2. The summed E-state index contributed by atoms with van der Waals surface area (Å²) in [4.78, 5) is 27.2. The van der Waals surface area contributed by atoms with E-state index < -0.39 is 0 Å². The van der Waals surface area contributed by atoms with Gasteiger partial charge in [-0.25, -0.2) is 4.68 Å². The minimum absolute atomic E-state index is 0.0242. The lowest BCUT2D eigenvalue weighted by Crippen LogP contribution is -2.42. The molecule has 1 aliphatic rings. The number of fused-ring (bicyclic) bond motifs is 1. The van der Waals surface area contributed by atoms with Crippen LogP contribution in [0.5, 0.6) is 0 Å². The van der Waals surface area contributed by atoms with Gasteiger partial charge in [0.1, 0.15) is 6.54 Å². The normalized spacial score (nSPS) is 14.5. The molecule has 1 fully saturated rings. The summed E-state index contributed by atoms with van der Waals surface area (Å²) in [6.07, 6.45) is 3.03. The number of rotatable bonds is 5. The van der Waals surface area contributed by atoms with Gasteiger partial charge in [-0.05, 0) is 53.6 Å². The zero-order valence-electron chi connectivity index (χ0n) is 18.6. The van der Waals surface area contributed by atoms with Crippen molar-refractivity contribution in [1.29, 1.82) is 0 Å². The van der Waals surface area contributed by atoms with Gasteiger partial charge in [0, 0.05) is 24.7 Å². The van der Waals surface area contributed by atoms with Crippen LogP contribution in [-0.2, 0) is 17.8 Å². The van der Waals surface area contributed by atoms with Crippen molar-refractivity contribution in [2.24, 2.45) is 5.92 Å². The third-order valence-electron chi connectivity index (χ3n) is 6.53. The molecule has 1 amide bonds. The van der Waals surface area contributed by atoms with Crippen molar-refractivity contribution >= 4 is 16.7 Å². The highest BCUT2D eigenvalue weighted by Crippen LogP contribution is 2.23. The summed E-state index contributed by atoms with van der Waals surface area (Å²) in [7, 11) is 0. The summed E-state index contributed by atoms with van der Waals surface area (Å²) in [5, 5.41) is 6.78. The van der Waals surface area contributed by atoms with Crippen LogP contribution in [0.2, 0.25) is 0 Å². The minimum Gasteiger partial charge on any atom is -0.341 e. The standard InChI is InChI=1S/C28H27N3O2/c32-27-13-12-26(25-11-10-23-8-4-5-9-24(23)19-25)29-31(27)20-28(33)30-16-14-22(15-17-30)18-21-6-2-1-3-7-21/h1-13,19,22H,14-18,20H2. The van der Waals surface area contributed by atoms with Crippen molar-refractivity contribution in [3.63, 3.8) is 0 Å². The predicted molar refractivity (Wildman–Crippen MR) is 131 cm³/mol. The van der Waals surface area contributed by atoms with Gasteiger partial charge in [-0.3, -0.25) is 9.59 Å². The number of likely N-dealkylation sites (tertiary alicyclic amines) is 1. The molecule has 0 unspecified atom stereocenters. The van der Waals surface area contributed by atoms with Crippen LogP contribution in [0.25, 0.3) is 22.0 Å². The minimum atomic E-state index is -0.258. The average Bonchev–Trinajstić information content (AvgIpc) is 2.86. The Morgan fingerprint density at radius 3 is 2.36 bits per heavy atom. The monoisotopic (exact) mass is 437 g/mol. The molecule has 5 nitrogen and oxygen atoms in total. The molecule has 1 aromatic heterocycles. The van der Waals surface area contributed by atoms with Crippen LogP contribution >= 0.6 is 0 Å². The van der Waals surface area contributed by atoms with Crippen LogP contribution in [0.15, 0.2) is 89.7 Å². The molecule has 4 aromatic rings. The number of carbonyl (C=O) groups is 1. The van der Waals surface area contributed by atoms with Crippen molar-refractivity contribution in [3.05, 3.63) is 101 Å². The van der Waals surface area contributed by atoms with E-state index in [9.17, 15) is 9.59 Å². The number of carbonyl (C=O) groups excluding carboxylic acids is 1. The molecule has 0 atom stereocenters. The Morgan fingerprint density at radius 2 is 1.58 bits per heavy atom. The van der Waals surface area contributed by atoms with Crippen LogP contribution in [0.1, 0.15) is 18.4 Å². The first-order chi connectivity index (χ1) is 16.2. The van der Waals surface area contributed by atoms with Crippen LogP contribution in [0.4, 0.5) is 0 Å². The lowest BCUT2D eigenvalue weighted by atomic mass is 9.90. The van der Waals surface area contributed by atoms with Crippen molar-refractivity contribution < 1.29 is 4.79 Å². The van der Waals surface area contributed by atoms with Crippen molar-refractivity contribution in [3.8, 4) is 11.3 Å². The van der Waals surface area contributed by atoms with Gasteiger partial charge in [-0.2, -0.15) is 5.10 Å². The Bertz CT molecular complexity index is 1320. The van der Waals surface area contributed by atoms with E-state index in [2.05, 4.69) is 47.6 Å². The van der Waals surface area contributed by atoms with E-state index in [1.165, 1.54) is 16.3 Å². The maximum Gasteiger partial charge on any atom is 0.267 e. The zero-order chi connectivity index (χ0) is 22.6. The van der Waals surface area contributed by atoms with Crippen molar-refractivity contribution in [1.82, 2.24) is 14.7 Å². The Kier molecular flexibility index (Phi) is 6.03. The molecule has 0 saturated carbocycles. The predicted octanol–water partition coefficient (Wildman–Crippen LogP) is 4.54. The highest BCUT2D eigenvalue weighted by Gasteiger charge is 2.23. The molecule has 5 rings (SSSR count). The lowest BCUT2D eigenvalue weighted by Gasteiger charge is -2.32. The fourth-order valence-corrected chi connectivity index (χ4v) is 4.63. The van der Waals surface area contributed by atoms with E-state index in [0.29, 0.717) is 11.6 Å². The number of hydrogen-bond donors (Lipinski definition) is 0. The number of hydrogen-bond acceptors (Lipinski definition) is 3. The van der Waals surface area contributed by atoms with E-state index in [-0.39, 0.29) is 18.0 Å². The van der Waals surface area contributed by atoms with Crippen molar-refractivity contribution in [2.75, 3.05) is 13.1 Å². The summed E-state index contributed by atoms with van der Waals surface area (Å²) in [6.45, 7) is 1.44. The van der Waals surface area contributed by atoms with Gasteiger partial charge < -0.3 is 4.90 Å². The van der Waals surface area contributed by atoms with E-state index >= 15 is 0 Å². The molecule has 1 aliphatic heterocycles. The zero-order valence-corrected chi connectivity index (χ0v) is 18.6. The first-order valence-corrected chi connectivity index (χ1v) is 11.5. The van der Waals surface area contributed by atoms with E-state index in [4.69, 9.17) is 0 Å². The Balaban J connectivity index is 1.25. The van der Waals surface area contributed by atoms with Gasteiger partial charge in [0.15, 0.2) is 0 Å². The van der Waals surface area contributed by atoms with Gasteiger partial charge in [0.2, 0.25) is 5.91 Å². The molecule has 5 heteroatoms. The summed E-state index contributed by atoms with van der Waals surface area (Å²) in [5.41, 5.74) is 2.71. The molecule has 0 radical (unpaired) electrons. The van der Waals surface area contributed by atoms with Gasteiger partial charge in [0.05, 0.1) is 5.69 Å². The number of piperidine rings is 1.